The summed E-state index contributed by atoms with van der Waals surface area (Å²) in [6.07, 6.45) is 2.35. The van der Waals surface area contributed by atoms with Crippen molar-refractivity contribution >= 4 is 13.3 Å². The van der Waals surface area contributed by atoms with Crippen molar-refractivity contribution in [3.63, 3.8) is 0 Å². The first kappa shape index (κ1) is 16.9. The summed E-state index contributed by atoms with van der Waals surface area (Å²) in [7, 11) is 0.806. The third-order valence-electron chi connectivity index (χ3n) is 4.39. The van der Waals surface area contributed by atoms with E-state index in [2.05, 4.69) is 89.4 Å². The molecule has 0 amide bonds. The molecular formula is C20H30NSi+. The van der Waals surface area contributed by atoms with Crippen LogP contribution in [0.1, 0.15) is 36.5 Å². The number of pyridine rings is 1. The van der Waals surface area contributed by atoms with Gasteiger partial charge in [0.2, 0.25) is 5.69 Å². The first-order valence-corrected chi connectivity index (χ1v) is 11.7. The molecule has 0 saturated heterocycles. The molecule has 0 aliphatic heterocycles. The van der Waals surface area contributed by atoms with Crippen LogP contribution in [0.15, 0.2) is 30.5 Å². The second-order valence-electron chi connectivity index (χ2n) is 7.86. The molecule has 1 nitrogen and oxygen atoms in total. The van der Waals surface area contributed by atoms with E-state index in [-0.39, 0.29) is 0 Å². The van der Waals surface area contributed by atoms with Gasteiger partial charge in [-0.2, -0.15) is 0 Å². The van der Waals surface area contributed by atoms with E-state index in [4.69, 9.17) is 0 Å². The lowest BCUT2D eigenvalue weighted by molar-refractivity contribution is -0.660. The number of nitrogens with zero attached hydrogens (tertiary/aromatic N) is 1. The van der Waals surface area contributed by atoms with Gasteiger partial charge in [-0.3, -0.25) is 0 Å². The Balaban J connectivity index is 2.73. The largest absolute Gasteiger partial charge is 0.212 e. The second kappa shape index (κ2) is 6.00. The fraction of sp³-hybridized carbons (Fsp3) is 0.450. The second-order valence-corrected chi connectivity index (χ2v) is 12.9. The zero-order valence-electron chi connectivity index (χ0n) is 15.4. The Kier molecular flexibility index (Phi) is 4.62. The zero-order valence-corrected chi connectivity index (χ0v) is 16.4. The summed E-state index contributed by atoms with van der Waals surface area (Å²) in [6, 6.07) is 9.22. The molecule has 0 atom stereocenters. The van der Waals surface area contributed by atoms with Crippen molar-refractivity contribution in [2.75, 3.05) is 0 Å². The van der Waals surface area contributed by atoms with Crippen molar-refractivity contribution in [2.45, 2.75) is 53.3 Å². The fourth-order valence-electron chi connectivity index (χ4n) is 3.15. The van der Waals surface area contributed by atoms with Crippen molar-refractivity contribution < 1.29 is 4.57 Å². The molecule has 1 heterocycles. The van der Waals surface area contributed by atoms with Crippen LogP contribution in [-0.2, 0) is 7.05 Å². The van der Waals surface area contributed by atoms with E-state index in [0.717, 1.165) is 0 Å². The summed E-state index contributed by atoms with van der Waals surface area (Å²) in [5, 5.41) is 1.59. The van der Waals surface area contributed by atoms with Crippen LogP contribution in [-0.4, -0.2) is 8.07 Å². The molecule has 1 aromatic heterocycles. The highest BCUT2D eigenvalue weighted by Gasteiger charge is 2.27. The van der Waals surface area contributed by atoms with E-state index in [1.54, 1.807) is 5.19 Å². The Morgan fingerprint density at radius 2 is 1.64 bits per heavy atom. The van der Waals surface area contributed by atoms with Gasteiger partial charge in [-0.25, -0.2) is 4.57 Å². The van der Waals surface area contributed by atoms with Crippen LogP contribution in [0.4, 0.5) is 0 Å². The average Bonchev–Trinajstić information content (AvgIpc) is 2.37. The zero-order chi connectivity index (χ0) is 16.7. The first-order valence-electron chi connectivity index (χ1n) is 8.23. The lowest BCUT2D eigenvalue weighted by Gasteiger charge is -2.22. The van der Waals surface area contributed by atoms with Gasteiger partial charge in [0, 0.05) is 17.2 Å². The Bertz CT molecular complexity index is 694. The van der Waals surface area contributed by atoms with Gasteiger partial charge in [0.05, 0.1) is 8.07 Å². The van der Waals surface area contributed by atoms with Gasteiger partial charge in [0.15, 0.2) is 6.20 Å². The number of hydrogen-bond donors (Lipinski definition) is 0. The summed E-state index contributed by atoms with van der Waals surface area (Å²) in [5.74, 6) is 0.570. The minimum Gasteiger partial charge on any atom is -0.201 e. The maximum atomic E-state index is 2.46. The Hall–Kier alpha value is -1.41. The van der Waals surface area contributed by atoms with Crippen LogP contribution < -0.4 is 9.75 Å². The van der Waals surface area contributed by atoms with Crippen molar-refractivity contribution in [1.29, 1.82) is 0 Å². The molecule has 0 fully saturated rings. The van der Waals surface area contributed by atoms with E-state index >= 15 is 0 Å². The molecule has 0 saturated carbocycles. The number of benzene rings is 1. The standard InChI is InChI=1S/C20H30NSi/c1-14(2)18-13-21(5)19(12-20(18)22(6,7)8)17-10-9-15(3)11-16(17)4/h9-14H,1-8H3/q+1. The van der Waals surface area contributed by atoms with E-state index in [1.165, 1.54) is 27.9 Å². The van der Waals surface area contributed by atoms with Gasteiger partial charge < -0.3 is 0 Å². The highest BCUT2D eigenvalue weighted by Crippen LogP contribution is 2.23. The smallest absolute Gasteiger partial charge is 0.201 e. The molecular weight excluding hydrogens is 282 g/mol. The van der Waals surface area contributed by atoms with Crippen molar-refractivity contribution in [1.82, 2.24) is 0 Å². The molecule has 2 aromatic rings. The van der Waals surface area contributed by atoms with Gasteiger partial charge in [0.25, 0.3) is 0 Å². The maximum absolute atomic E-state index is 2.46. The SMILES string of the molecule is Cc1ccc(-c2cc([Si](C)(C)C)c(C(C)C)c[n+]2C)c(C)c1. The monoisotopic (exact) mass is 312 g/mol. The highest BCUT2D eigenvalue weighted by molar-refractivity contribution is 6.89. The van der Waals surface area contributed by atoms with Gasteiger partial charge in [-0.1, -0.05) is 51.2 Å². The van der Waals surface area contributed by atoms with Gasteiger partial charge in [0.1, 0.15) is 7.05 Å². The first-order chi connectivity index (χ1) is 10.1. The van der Waals surface area contributed by atoms with Gasteiger partial charge in [-0.05, 0) is 36.6 Å². The predicted molar refractivity (Wildman–Crippen MR) is 99.6 cm³/mol. The highest BCUT2D eigenvalue weighted by atomic mass is 28.3. The van der Waals surface area contributed by atoms with E-state index < -0.39 is 8.07 Å². The van der Waals surface area contributed by atoms with Crippen LogP contribution in [0, 0.1) is 13.8 Å². The summed E-state index contributed by atoms with van der Waals surface area (Å²) in [6.45, 7) is 16.3. The van der Waals surface area contributed by atoms with Crippen LogP contribution in [0.5, 0.6) is 0 Å². The maximum Gasteiger partial charge on any atom is 0.212 e. The quantitative estimate of drug-likeness (QED) is 0.582. The van der Waals surface area contributed by atoms with Crippen LogP contribution in [0.25, 0.3) is 11.3 Å². The topological polar surface area (TPSA) is 3.88 Å². The van der Waals surface area contributed by atoms with Crippen LogP contribution in [0.2, 0.25) is 19.6 Å². The number of aromatic nitrogens is 1. The lowest BCUT2D eigenvalue weighted by atomic mass is 10.00. The van der Waals surface area contributed by atoms with E-state index in [1.807, 2.05) is 0 Å². The molecule has 0 aliphatic rings. The molecule has 0 unspecified atom stereocenters. The molecule has 0 aliphatic carbocycles. The molecule has 0 bridgehead atoms. The summed E-state index contributed by atoms with van der Waals surface area (Å²) < 4.78 is 2.30. The molecule has 1 aromatic carbocycles. The molecule has 2 heteroatoms. The van der Waals surface area contributed by atoms with E-state index in [0.29, 0.717) is 5.92 Å². The molecule has 0 N–H and O–H groups in total. The predicted octanol–water partition coefficient (Wildman–Crippen LogP) is 4.46. The lowest BCUT2D eigenvalue weighted by Crippen LogP contribution is -2.45. The van der Waals surface area contributed by atoms with E-state index in [9.17, 15) is 0 Å². The summed E-state index contributed by atoms with van der Waals surface area (Å²) in [4.78, 5) is 0. The normalized spacial score (nSPS) is 12.0. The number of rotatable bonds is 3. The number of aryl methyl sites for hydroxylation is 3. The molecule has 0 spiro atoms. The summed E-state index contributed by atoms with van der Waals surface area (Å²) in [5.41, 5.74) is 6.87. The molecule has 2 rings (SSSR count). The third-order valence-corrected chi connectivity index (χ3v) is 6.44. The minimum absolute atomic E-state index is 0.570. The Morgan fingerprint density at radius 3 is 2.14 bits per heavy atom. The minimum atomic E-state index is -1.37. The van der Waals surface area contributed by atoms with Crippen molar-refractivity contribution in [2.24, 2.45) is 7.05 Å². The molecule has 22 heavy (non-hydrogen) atoms. The molecule has 0 radical (unpaired) electrons. The van der Waals surface area contributed by atoms with Crippen LogP contribution >= 0.6 is 0 Å². The fourth-order valence-corrected chi connectivity index (χ4v) is 4.94. The van der Waals surface area contributed by atoms with Crippen LogP contribution in [0.3, 0.4) is 0 Å². The summed E-state index contributed by atoms with van der Waals surface area (Å²) >= 11 is 0. The molecule has 118 valence electrons. The van der Waals surface area contributed by atoms with Crippen molar-refractivity contribution in [3.05, 3.63) is 47.2 Å². The van der Waals surface area contributed by atoms with Crippen molar-refractivity contribution in [3.8, 4) is 11.3 Å². The number of hydrogen-bond acceptors (Lipinski definition) is 0. The Morgan fingerprint density at radius 1 is 1.00 bits per heavy atom. The Labute approximate surface area is 137 Å². The third kappa shape index (κ3) is 3.32. The van der Waals surface area contributed by atoms with Gasteiger partial charge in [-0.15, -0.1) is 0 Å². The van der Waals surface area contributed by atoms with Gasteiger partial charge >= 0.3 is 0 Å². The average molecular weight is 313 g/mol.